The van der Waals surface area contributed by atoms with E-state index in [4.69, 9.17) is 5.73 Å². The predicted octanol–water partition coefficient (Wildman–Crippen LogP) is 3.19. The van der Waals surface area contributed by atoms with Gasteiger partial charge in [0, 0.05) is 23.9 Å². The standard InChI is InChI=1S/C19H28N2O.ClH/c1-13(2)10-15(12-20)21-18(22)17-11-19(17)9-5-7-14-6-3-4-8-16(14)19;/h3-4,6,8,13,15,17H,5,7,9-12,20H2,1-2H3,(H,21,22);1H. The summed E-state index contributed by atoms with van der Waals surface area (Å²) in [5.74, 6) is 0.917. The molecule has 3 nitrogen and oxygen atoms in total. The van der Waals surface area contributed by atoms with Crippen LogP contribution in [0.2, 0.25) is 0 Å². The Morgan fingerprint density at radius 2 is 2.13 bits per heavy atom. The number of aryl methyl sites for hydroxylation is 1. The Hall–Kier alpha value is -1.06. The van der Waals surface area contributed by atoms with E-state index in [0.717, 1.165) is 25.7 Å². The van der Waals surface area contributed by atoms with Crippen molar-refractivity contribution < 1.29 is 4.79 Å². The lowest BCUT2D eigenvalue weighted by Gasteiger charge is -2.27. The van der Waals surface area contributed by atoms with Gasteiger partial charge in [0.05, 0.1) is 0 Å². The van der Waals surface area contributed by atoms with Gasteiger partial charge in [-0.05, 0) is 49.1 Å². The van der Waals surface area contributed by atoms with Crippen molar-refractivity contribution in [3.63, 3.8) is 0 Å². The summed E-state index contributed by atoms with van der Waals surface area (Å²) in [4.78, 5) is 12.7. The summed E-state index contributed by atoms with van der Waals surface area (Å²) < 4.78 is 0. The Labute approximate surface area is 145 Å². The summed E-state index contributed by atoms with van der Waals surface area (Å²) in [6.45, 7) is 4.87. The van der Waals surface area contributed by atoms with Gasteiger partial charge in [-0.15, -0.1) is 12.4 Å². The highest BCUT2D eigenvalue weighted by Gasteiger charge is 2.60. The predicted molar refractivity (Wildman–Crippen MR) is 96.9 cm³/mol. The first kappa shape index (κ1) is 18.3. The van der Waals surface area contributed by atoms with E-state index in [2.05, 4.69) is 43.4 Å². The highest BCUT2D eigenvalue weighted by atomic mass is 35.5. The fourth-order valence-corrected chi connectivity index (χ4v) is 4.26. The Morgan fingerprint density at radius 3 is 2.83 bits per heavy atom. The number of halogens is 1. The van der Waals surface area contributed by atoms with Crippen LogP contribution < -0.4 is 11.1 Å². The summed E-state index contributed by atoms with van der Waals surface area (Å²) in [5, 5.41) is 3.20. The fraction of sp³-hybridized carbons (Fsp3) is 0.632. The average Bonchev–Trinajstić information content (AvgIpc) is 3.21. The number of hydrogen-bond acceptors (Lipinski definition) is 2. The third-order valence-electron chi connectivity index (χ3n) is 5.40. The van der Waals surface area contributed by atoms with Gasteiger partial charge in [0.25, 0.3) is 0 Å². The summed E-state index contributed by atoms with van der Waals surface area (Å²) in [5.41, 5.74) is 8.81. The maximum Gasteiger partial charge on any atom is 0.224 e. The molecule has 0 aliphatic heterocycles. The molecule has 0 bridgehead atoms. The maximum absolute atomic E-state index is 12.7. The molecule has 1 spiro atoms. The molecule has 1 aromatic rings. The number of nitrogens with two attached hydrogens (primary N) is 1. The molecule has 2 aliphatic rings. The summed E-state index contributed by atoms with van der Waals surface area (Å²) in [6, 6.07) is 8.80. The molecular formula is C19H29ClN2O. The van der Waals surface area contributed by atoms with E-state index < -0.39 is 0 Å². The minimum Gasteiger partial charge on any atom is -0.352 e. The van der Waals surface area contributed by atoms with E-state index in [1.807, 2.05) is 0 Å². The third-order valence-corrected chi connectivity index (χ3v) is 5.40. The molecule has 1 aromatic carbocycles. The highest BCUT2D eigenvalue weighted by Crippen LogP contribution is 2.60. The van der Waals surface area contributed by atoms with Crippen LogP contribution >= 0.6 is 12.4 Å². The molecule has 0 radical (unpaired) electrons. The number of nitrogens with one attached hydrogen (secondary N) is 1. The van der Waals surface area contributed by atoms with Gasteiger partial charge in [-0.25, -0.2) is 0 Å². The number of benzene rings is 1. The molecule has 3 N–H and O–H groups in total. The summed E-state index contributed by atoms with van der Waals surface area (Å²) >= 11 is 0. The van der Waals surface area contributed by atoms with Crippen LogP contribution in [0.15, 0.2) is 24.3 Å². The van der Waals surface area contributed by atoms with Crippen LogP contribution in [-0.4, -0.2) is 18.5 Å². The van der Waals surface area contributed by atoms with Gasteiger partial charge in [-0.2, -0.15) is 0 Å². The minimum atomic E-state index is 0. The Bertz CT molecular complexity index is 560. The van der Waals surface area contributed by atoms with E-state index in [0.29, 0.717) is 12.5 Å². The molecule has 1 amide bonds. The molecule has 128 valence electrons. The number of amides is 1. The Kier molecular flexibility index (Phi) is 5.74. The topological polar surface area (TPSA) is 55.1 Å². The second-order valence-electron chi connectivity index (χ2n) is 7.49. The molecule has 1 saturated carbocycles. The van der Waals surface area contributed by atoms with Crippen molar-refractivity contribution in [3.05, 3.63) is 35.4 Å². The van der Waals surface area contributed by atoms with Crippen molar-refractivity contribution in [2.24, 2.45) is 17.6 Å². The fourth-order valence-electron chi connectivity index (χ4n) is 4.26. The Balaban J connectivity index is 0.00000192. The summed E-state index contributed by atoms with van der Waals surface area (Å²) in [7, 11) is 0. The molecule has 1 fully saturated rings. The maximum atomic E-state index is 12.7. The van der Waals surface area contributed by atoms with Crippen LogP contribution in [0.25, 0.3) is 0 Å². The first-order chi connectivity index (χ1) is 10.6. The molecule has 0 aromatic heterocycles. The molecule has 3 rings (SSSR count). The molecule has 0 saturated heterocycles. The lowest BCUT2D eigenvalue weighted by molar-refractivity contribution is -0.123. The first-order valence-corrected chi connectivity index (χ1v) is 8.65. The van der Waals surface area contributed by atoms with Gasteiger partial charge in [-0.1, -0.05) is 38.1 Å². The van der Waals surface area contributed by atoms with E-state index in [9.17, 15) is 4.79 Å². The van der Waals surface area contributed by atoms with Crippen molar-refractivity contribution >= 4 is 18.3 Å². The average molecular weight is 337 g/mol. The molecule has 3 atom stereocenters. The van der Waals surface area contributed by atoms with E-state index in [1.54, 1.807) is 0 Å². The van der Waals surface area contributed by atoms with Gasteiger partial charge < -0.3 is 11.1 Å². The number of hydrogen-bond donors (Lipinski definition) is 2. The summed E-state index contributed by atoms with van der Waals surface area (Å²) in [6.07, 6.45) is 5.48. The number of rotatable bonds is 5. The zero-order valence-electron chi connectivity index (χ0n) is 14.2. The lowest BCUT2D eigenvalue weighted by atomic mass is 9.78. The zero-order valence-corrected chi connectivity index (χ0v) is 15.0. The quantitative estimate of drug-likeness (QED) is 0.867. The third kappa shape index (κ3) is 3.56. The monoisotopic (exact) mass is 336 g/mol. The number of carbonyl (C=O) groups is 1. The van der Waals surface area contributed by atoms with Crippen LogP contribution in [0.4, 0.5) is 0 Å². The lowest BCUT2D eigenvalue weighted by Crippen LogP contribution is -2.42. The van der Waals surface area contributed by atoms with Gasteiger partial charge >= 0.3 is 0 Å². The molecule has 23 heavy (non-hydrogen) atoms. The van der Waals surface area contributed by atoms with Gasteiger partial charge in [0.2, 0.25) is 5.91 Å². The van der Waals surface area contributed by atoms with Crippen molar-refractivity contribution in [1.29, 1.82) is 0 Å². The molecule has 0 heterocycles. The van der Waals surface area contributed by atoms with Crippen LogP contribution in [0.1, 0.15) is 50.7 Å². The number of fused-ring (bicyclic) bond motifs is 2. The van der Waals surface area contributed by atoms with E-state index in [-0.39, 0.29) is 35.7 Å². The normalized spacial score (nSPS) is 26.3. The second-order valence-corrected chi connectivity index (χ2v) is 7.49. The van der Waals surface area contributed by atoms with Crippen LogP contribution in [0.3, 0.4) is 0 Å². The molecule has 3 unspecified atom stereocenters. The first-order valence-electron chi connectivity index (χ1n) is 8.65. The molecule has 4 heteroatoms. The molecule has 2 aliphatic carbocycles. The van der Waals surface area contributed by atoms with E-state index in [1.165, 1.54) is 17.5 Å². The van der Waals surface area contributed by atoms with Crippen molar-refractivity contribution in [2.75, 3.05) is 6.54 Å². The van der Waals surface area contributed by atoms with Crippen molar-refractivity contribution in [3.8, 4) is 0 Å². The van der Waals surface area contributed by atoms with Crippen LogP contribution in [-0.2, 0) is 16.6 Å². The van der Waals surface area contributed by atoms with E-state index >= 15 is 0 Å². The number of carbonyl (C=O) groups excluding carboxylic acids is 1. The Morgan fingerprint density at radius 1 is 1.39 bits per heavy atom. The second kappa shape index (κ2) is 7.23. The van der Waals surface area contributed by atoms with Crippen molar-refractivity contribution in [1.82, 2.24) is 5.32 Å². The largest absolute Gasteiger partial charge is 0.352 e. The highest BCUT2D eigenvalue weighted by molar-refractivity contribution is 5.85. The van der Waals surface area contributed by atoms with Crippen molar-refractivity contribution in [2.45, 2.75) is 57.4 Å². The minimum absolute atomic E-state index is 0. The van der Waals surface area contributed by atoms with Crippen LogP contribution in [0.5, 0.6) is 0 Å². The SMILES string of the molecule is CC(C)CC(CN)NC(=O)C1CC12CCCc1ccccc12.Cl. The van der Waals surface area contributed by atoms with Crippen LogP contribution in [0, 0.1) is 11.8 Å². The van der Waals surface area contributed by atoms with Gasteiger partial charge in [0.1, 0.15) is 0 Å². The van der Waals surface area contributed by atoms with Gasteiger partial charge in [-0.3, -0.25) is 4.79 Å². The van der Waals surface area contributed by atoms with Gasteiger partial charge in [0.15, 0.2) is 0 Å². The molecular weight excluding hydrogens is 308 g/mol. The zero-order chi connectivity index (χ0) is 15.7. The smallest absolute Gasteiger partial charge is 0.224 e.